The third-order valence-corrected chi connectivity index (χ3v) is 15.2. The van der Waals surface area contributed by atoms with Crippen molar-refractivity contribution < 1.29 is 133 Å². The highest BCUT2D eigenvalue weighted by Crippen LogP contribution is 2.24. The van der Waals surface area contributed by atoms with E-state index >= 15 is 0 Å². The molecule has 0 aliphatic carbocycles. The Bertz CT molecular complexity index is 2020. The molecule has 15 unspecified atom stereocenters. The lowest BCUT2D eigenvalue weighted by atomic mass is 9.97. The Labute approximate surface area is 556 Å². The first-order valence-electron chi connectivity index (χ1n) is 33.0. The van der Waals surface area contributed by atoms with Gasteiger partial charge in [-0.05, 0) is 78.6 Å². The molecule has 6 amide bonds. The van der Waals surface area contributed by atoms with Crippen LogP contribution in [-0.2, 0) is 71.4 Å². The first-order chi connectivity index (χ1) is 45.2. The summed E-state index contributed by atoms with van der Waals surface area (Å²) in [6.45, 7) is 7.72. The standard InChI is InChI=1S/C61H115N7O27/c1-39(33-69)48(78)51(81)54(84)57(87-5)91-27-9-6-15-42(72)62-21-12-24-65-45(75)18-30-88-36-61(68-60(2,3)4,37-89-31-19-46(76)66-25-13-22-63-43(73)16-7-10-28-92-58-55(85)52(82)49(79)40(34-70)94-58)38-90-32-20-47(77)67-26-14-23-64-44(74)17-8-11-29-93-59-56(86)53(83)50(80)41(35-71)95-59/h39-41,48-59,68-71,78-86H,6-38H2,1-5H3,(H,62,72)(H,63,73)(H,64,74)(H,65,75)(H,66,76)(H,67,77). The monoisotopic (exact) mass is 1380 g/mol. The predicted octanol–water partition coefficient (Wildman–Crippen LogP) is -5.96. The van der Waals surface area contributed by atoms with Crippen molar-refractivity contribution >= 4 is 35.4 Å². The molecule has 2 heterocycles. The molecular formula is C61H115N7O27. The number of carbonyl (C=O) groups is 6. The highest BCUT2D eigenvalue weighted by atomic mass is 16.7. The molecule has 19 N–H and O–H groups in total. The van der Waals surface area contributed by atoms with Crippen LogP contribution < -0.4 is 37.2 Å². The Morgan fingerprint density at radius 3 is 1.08 bits per heavy atom. The summed E-state index contributed by atoms with van der Waals surface area (Å²) >= 11 is 0. The Balaban J connectivity index is 1.81. The van der Waals surface area contributed by atoms with Gasteiger partial charge in [0.2, 0.25) is 35.4 Å². The molecule has 34 heteroatoms. The number of aliphatic hydroxyl groups is 12. The number of unbranched alkanes of at least 4 members (excludes halogenated alkanes) is 3. The summed E-state index contributed by atoms with van der Waals surface area (Å²) in [4.78, 5) is 75.7. The van der Waals surface area contributed by atoms with E-state index in [2.05, 4.69) is 37.2 Å². The van der Waals surface area contributed by atoms with Gasteiger partial charge in [0.15, 0.2) is 18.9 Å². The molecule has 0 saturated carbocycles. The summed E-state index contributed by atoms with van der Waals surface area (Å²) in [7, 11) is 1.27. The molecule has 2 aliphatic heterocycles. The van der Waals surface area contributed by atoms with Crippen molar-refractivity contribution in [1.29, 1.82) is 0 Å². The van der Waals surface area contributed by atoms with E-state index < -0.39 is 123 Å². The maximum absolute atomic E-state index is 12.8. The third-order valence-electron chi connectivity index (χ3n) is 15.2. The molecule has 0 aromatic rings. The zero-order valence-corrected chi connectivity index (χ0v) is 56.0. The molecule has 556 valence electrons. The average molecular weight is 1380 g/mol. The van der Waals surface area contributed by atoms with E-state index in [-0.39, 0.29) is 153 Å². The minimum absolute atomic E-state index is 0.00293. The molecule has 15 atom stereocenters. The van der Waals surface area contributed by atoms with Crippen molar-refractivity contribution in [2.75, 3.05) is 126 Å². The van der Waals surface area contributed by atoms with Gasteiger partial charge in [-0.25, -0.2) is 0 Å². The number of aliphatic hydroxyl groups excluding tert-OH is 12. The second-order valence-electron chi connectivity index (χ2n) is 24.8. The highest BCUT2D eigenvalue weighted by molar-refractivity contribution is 5.78. The van der Waals surface area contributed by atoms with Crippen molar-refractivity contribution in [3.8, 4) is 0 Å². The summed E-state index contributed by atoms with van der Waals surface area (Å²) in [5, 5.41) is 139. The van der Waals surface area contributed by atoms with Crippen molar-refractivity contribution in [2.24, 2.45) is 5.92 Å². The zero-order valence-electron chi connectivity index (χ0n) is 56.0. The molecule has 0 aromatic carbocycles. The minimum atomic E-state index is -1.62. The van der Waals surface area contributed by atoms with Gasteiger partial charge in [0.05, 0.1) is 64.5 Å². The van der Waals surface area contributed by atoms with E-state index in [1.165, 1.54) is 14.0 Å². The van der Waals surface area contributed by atoms with Gasteiger partial charge in [-0.2, -0.15) is 0 Å². The van der Waals surface area contributed by atoms with Crippen LogP contribution in [0.2, 0.25) is 0 Å². The molecule has 0 radical (unpaired) electrons. The van der Waals surface area contributed by atoms with E-state index in [9.17, 15) is 90.0 Å². The Morgan fingerprint density at radius 2 is 0.768 bits per heavy atom. The number of hydrogen-bond acceptors (Lipinski definition) is 28. The van der Waals surface area contributed by atoms with Gasteiger partial charge in [-0.3, -0.25) is 28.8 Å². The van der Waals surface area contributed by atoms with Crippen LogP contribution in [0.25, 0.3) is 0 Å². The fourth-order valence-electron chi connectivity index (χ4n) is 9.77. The SMILES string of the molecule is COC(OCCCCC(=O)NCCCNC(=O)CCOCC(COCCC(=O)NCCCNC(=O)CCCCOC1OC(CO)C(O)C(O)C1O)(COCCC(=O)NCCCNC(=O)CCCCOC1OC(CO)C(O)C(O)C1O)NC(C)(C)C)C(O)C(O)C(O)C(C)CO. The molecular weight excluding hydrogens is 1260 g/mol. The van der Waals surface area contributed by atoms with E-state index in [0.29, 0.717) is 77.4 Å². The Morgan fingerprint density at radius 1 is 0.432 bits per heavy atom. The number of hydrogen-bond donors (Lipinski definition) is 19. The maximum Gasteiger partial charge on any atom is 0.222 e. The maximum atomic E-state index is 12.8. The van der Waals surface area contributed by atoms with Crippen molar-refractivity contribution in [2.45, 2.75) is 221 Å². The molecule has 2 rings (SSSR count). The van der Waals surface area contributed by atoms with Crippen LogP contribution in [0.15, 0.2) is 0 Å². The lowest BCUT2D eigenvalue weighted by Gasteiger charge is -2.40. The summed E-state index contributed by atoms with van der Waals surface area (Å²) in [6, 6.07) is 0. The van der Waals surface area contributed by atoms with Crippen LogP contribution in [0.1, 0.15) is 124 Å². The summed E-state index contributed by atoms with van der Waals surface area (Å²) in [5.41, 5.74) is -1.58. The number of rotatable bonds is 54. The second-order valence-corrected chi connectivity index (χ2v) is 24.8. The molecule has 34 nitrogen and oxygen atoms in total. The molecule has 95 heavy (non-hydrogen) atoms. The smallest absolute Gasteiger partial charge is 0.222 e. The lowest BCUT2D eigenvalue weighted by Crippen LogP contribution is -2.62. The van der Waals surface area contributed by atoms with Gasteiger partial charge in [0.1, 0.15) is 61.0 Å². The Kier molecular flexibility index (Phi) is 45.3. The molecule has 0 spiro atoms. The first-order valence-corrected chi connectivity index (χ1v) is 33.0. The van der Waals surface area contributed by atoms with E-state index in [0.717, 1.165) is 0 Å². The van der Waals surface area contributed by atoms with Gasteiger partial charge >= 0.3 is 0 Å². The topological polar surface area (TPSA) is 512 Å². The van der Waals surface area contributed by atoms with Gasteiger partial charge in [0.25, 0.3) is 0 Å². The molecule has 2 saturated heterocycles. The van der Waals surface area contributed by atoms with E-state index in [4.69, 9.17) is 42.6 Å². The first kappa shape index (κ1) is 87.0. The van der Waals surface area contributed by atoms with Gasteiger partial charge in [0, 0.05) is 123 Å². The van der Waals surface area contributed by atoms with Gasteiger partial charge in [-0.1, -0.05) is 6.92 Å². The van der Waals surface area contributed by atoms with Crippen LogP contribution in [0, 0.1) is 5.92 Å². The molecule has 0 aromatic heterocycles. The molecule has 2 fully saturated rings. The van der Waals surface area contributed by atoms with Gasteiger partial charge < -0.3 is 141 Å². The lowest BCUT2D eigenvalue weighted by molar-refractivity contribution is -0.301. The van der Waals surface area contributed by atoms with Crippen LogP contribution in [0.3, 0.4) is 0 Å². The minimum Gasteiger partial charge on any atom is -0.396 e. The van der Waals surface area contributed by atoms with Crippen molar-refractivity contribution in [3.05, 3.63) is 0 Å². The fraction of sp³-hybridized carbons (Fsp3) is 0.902. The fourth-order valence-corrected chi connectivity index (χ4v) is 9.77. The van der Waals surface area contributed by atoms with Gasteiger partial charge in [-0.15, -0.1) is 0 Å². The van der Waals surface area contributed by atoms with Crippen LogP contribution in [0.5, 0.6) is 0 Å². The highest BCUT2D eigenvalue weighted by Gasteiger charge is 2.45. The van der Waals surface area contributed by atoms with Crippen LogP contribution in [0.4, 0.5) is 0 Å². The summed E-state index contributed by atoms with van der Waals surface area (Å²) in [5.74, 6) is -2.22. The van der Waals surface area contributed by atoms with E-state index in [1.54, 1.807) is 0 Å². The van der Waals surface area contributed by atoms with Crippen molar-refractivity contribution in [1.82, 2.24) is 37.2 Å². The second kappa shape index (κ2) is 49.5. The van der Waals surface area contributed by atoms with Crippen LogP contribution >= 0.6 is 0 Å². The Hall–Kier alpha value is -4.06. The predicted molar refractivity (Wildman–Crippen MR) is 336 cm³/mol. The number of ether oxygens (including phenoxy) is 9. The number of nitrogens with one attached hydrogen (secondary N) is 7. The average Bonchev–Trinajstić information content (AvgIpc) is 0.913. The molecule has 0 bridgehead atoms. The van der Waals surface area contributed by atoms with E-state index in [1.807, 2.05) is 20.8 Å². The van der Waals surface area contributed by atoms with Crippen molar-refractivity contribution in [3.63, 3.8) is 0 Å². The van der Waals surface area contributed by atoms with Crippen LogP contribution in [-0.4, -0.2) is 319 Å². The number of methoxy groups -OCH3 is 1. The summed E-state index contributed by atoms with van der Waals surface area (Å²) in [6.07, 6.45) is -15.2. The molecule has 2 aliphatic rings. The largest absolute Gasteiger partial charge is 0.396 e. The third kappa shape index (κ3) is 36.6. The number of amides is 6. The number of carbonyl (C=O) groups excluding carboxylic acids is 6. The quantitative estimate of drug-likeness (QED) is 0.0199. The normalized spacial score (nSPS) is 23.7. The zero-order chi connectivity index (χ0) is 70.8. The summed E-state index contributed by atoms with van der Waals surface area (Å²) < 4.78 is 50.4.